The maximum Gasteiger partial charge on any atom is 0.275 e. The number of hydrogen-bond donors (Lipinski definition) is 1. The van der Waals surface area contributed by atoms with E-state index < -0.39 is 5.66 Å². The molecule has 0 aromatic heterocycles. The van der Waals surface area contributed by atoms with Crippen molar-refractivity contribution in [2.45, 2.75) is 51.1 Å². The number of carbonyl (C=O) groups is 2. The molecule has 1 aliphatic carbocycles. The first-order valence-electron chi connectivity index (χ1n) is 11.0. The number of aliphatic imine (C=N–C) groups is 1. The number of ether oxygens (including phenoxy) is 1. The molecule has 162 valence electrons. The van der Waals surface area contributed by atoms with E-state index in [1.165, 1.54) is 5.56 Å². The average Bonchev–Trinajstić information content (AvgIpc) is 3.06. The molecular weight excluding hydrogens is 390 g/mol. The molecule has 4 rings (SSSR count). The van der Waals surface area contributed by atoms with Crippen molar-refractivity contribution in [2.75, 3.05) is 19.0 Å². The minimum Gasteiger partial charge on any atom is -0.497 e. The molecule has 31 heavy (non-hydrogen) atoms. The SMILES string of the molecule is CCc1ccc(NC(=O)CN2C(=O)C(c3ccc(OC)cc3)=NC23CCCCC3)cc1. The van der Waals surface area contributed by atoms with Crippen LogP contribution in [0.3, 0.4) is 0 Å². The summed E-state index contributed by atoms with van der Waals surface area (Å²) in [6, 6.07) is 15.2. The molecule has 0 atom stereocenters. The van der Waals surface area contributed by atoms with E-state index in [2.05, 4.69) is 12.2 Å². The van der Waals surface area contributed by atoms with E-state index in [1.807, 2.05) is 48.5 Å². The van der Waals surface area contributed by atoms with Crippen molar-refractivity contribution in [3.63, 3.8) is 0 Å². The van der Waals surface area contributed by atoms with Crippen molar-refractivity contribution in [1.29, 1.82) is 0 Å². The Morgan fingerprint density at radius 3 is 2.35 bits per heavy atom. The van der Waals surface area contributed by atoms with E-state index in [0.717, 1.165) is 55.5 Å². The van der Waals surface area contributed by atoms with Crippen LogP contribution in [0, 0.1) is 0 Å². The third-order valence-electron chi connectivity index (χ3n) is 6.24. The van der Waals surface area contributed by atoms with E-state index in [9.17, 15) is 9.59 Å². The number of amides is 2. The van der Waals surface area contributed by atoms with Gasteiger partial charge in [0, 0.05) is 11.3 Å². The molecule has 1 aliphatic heterocycles. The molecular formula is C25H29N3O3. The molecule has 1 fully saturated rings. The van der Waals surface area contributed by atoms with Gasteiger partial charge < -0.3 is 15.0 Å². The largest absolute Gasteiger partial charge is 0.497 e. The van der Waals surface area contributed by atoms with Crippen LogP contribution in [0.2, 0.25) is 0 Å². The first-order chi connectivity index (χ1) is 15.0. The van der Waals surface area contributed by atoms with Crippen LogP contribution in [0.15, 0.2) is 53.5 Å². The zero-order valence-electron chi connectivity index (χ0n) is 18.2. The van der Waals surface area contributed by atoms with Gasteiger partial charge in [0.25, 0.3) is 5.91 Å². The zero-order valence-corrected chi connectivity index (χ0v) is 18.2. The van der Waals surface area contributed by atoms with Crippen LogP contribution >= 0.6 is 0 Å². The van der Waals surface area contributed by atoms with Crippen molar-refractivity contribution in [1.82, 2.24) is 4.90 Å². The van der Waals surface area contributed by atoms with Crippen molar-refractivity contribution in [3.05, 3.63) is 59.7 Å². The molecule has 0 unspecified atom stereocenters. The van der Waals surface area contributed by atoms with E-state index >= 15 is 0 Å². The molecule has 2 aromatic rings. The summed E-state index contributed by atoms with van der Waals surface area (Å²) < 4.78 is 5.23. The molecule has 0 bridgehead atoms. The molecule has 1 saturated carbocycles. The van der Waals surface area contributed by atoms with Gasteiger partial charge in [-0.15, -0.1) is 0 Å². The lowest BCUT2D eigenvalue weighted by molar-refractivity contribution is -0.134. The Bertz CT molecular complexity index is 974. The first kappa shape index (κ1) is 21.1. The topological polar surface area (TPSA) is 71.0 Å². The summed E-state index contributed by atoms with van der Waals surface area (Å²) in [6.45, 7) is 2.09. The fourth-order valence-electron chi connectivity index (χ4n) is 4.46. The number of hydrogen-bond acceptors (Lipinski definition) is 4. The van der Waals surface area contributed by atoms with Gasteiger partial charge in [-0.2, -0.15) is 0 Å². The monoisotopic (exact) mass is 419 g/mol. The second kappa shape index (κ2) is 8.92. The number of methoxy groups -OCH3 is 1. The Morgan fingerprint density at radius 2 is 1.74 bits per heavy atom. The molecule has 0 radical (unpaired) electrons. The lowest BCUT2D eigenvalue weighted by atomic mass is 9.88. The predicted molar refractivity (Wildman–Crippen MR) is 122 cm³/mol. The fraction of sp³-hybridized carbons (Fsp3) is 0.400. The van der Waals surface area contributed by atoms with E-state index in [0.29, 0.717) is 5.71 Å². The minimum absolute atomic E-state index is 0.00246. The van der Waals surface area contributed by atoms with Gasteiger partial charge in [0.1, 0.15) is 23.7 Å². The van der Waals surface area contributed by atoms with Gasteiger partial charge in [-0.3, -0.25) is 14.6 Å². The van der Waals surface area contributed by atoms with Crippen molar-refractivity contribution in [3.8, 4) is 5.75 Å². The van der Waals surface area contributed by atoms with E-state index in [1.54, 1.807) is 12.0 Å². The van der Waals surface area contributed by atoms with Gasteiger partial charge >= 0.3 is 0 Å². The number of nitrogens with one attached hydrogen (secondary N) is 1. The second-order valence-electron chi connectivity index (χ2n) is 8.22. The Labute approximate surface area is 183 Å². The molecule has 1 N–H and O–H groups in total. The molecule has 6 nitrogen and oxygen atoms in total. The summed E-state index contributed by atoms with van der Waals surface area (Å²) in [7, 11) is 1.61. The molecule has 2 aromatic carbocycles. The zero-order chi connectivity index (χ0) is 21.8. The van der Waals surface area contributed by atoms with Crippen LogP contribution in [-0.2, 0) is 16.0 Å². The molecule has 1 spiro atoms. The minimum atomic E-state index is -0.617. The predicted octanol–water partition coefficient (Wildman–Crippen LogP) is 4.19. The van der Waals surface area contributed by atoms with Crippen molar-refractivity contribution >= 4 is 23.2 Å². The van der Waals surface area contributed by atoms with E-state index in [4.69, 9.17) is 9.73 Å². The Kier molecular flexibility index (Phi) is 6.07. The number of benzene rings is 2. The van der Waals surface area contributed by atoms with Crippen LogP contribution < -0.4 is 10.1 Å². The lowest BCUT2D eigenvalue weighted by Gasteiger charge is -2.38. The summed E-state index contributed by atoms with van der Waals surface area (Å²) in [5.74, 6) is 0.352. The quantitative estimate of drug-likeness (QED) is 0.763. The first-order valence-corrected chi connectivity index (χ1v) is 11.0. The second-order valence-corrected chi connectivity index (χ2v) is 8.22. The van der Waals surface area contributed by atoms with Gasteiger partial charge in [0.15, 0.2) is 0 Å². The maximum absolute atomic E-state index is 13.4. The normalized spacial score (nSPS) is 17.5. The summed E-state index contributed by atoms with van der Waals surface area (Å²) >= 11 is 0. The molecule has 1 heterocycles. The van der Waals surface area contributed by atoms with Crippen LogP contribution in [0.4, 0.5) is 5.69 Å². The van der Waals surface area contributed by atoms with Gasteiger partial charge in [0.2, 0.25) is 5.91 Å². The highest BCUT2D eigenvalue weighted by Crippen LogP contribution is 2.39. The van der Waals surface area contributed by atoms with Gasteiger partial charge in [-0.25, -0.2) is 0 Å². The highest BCUT2D eigenvalue weighted by atomic mass is 16.5. The van der Waals surface area contributed by atoms with Gasteiger partial charge in [-0.1, -0.05) is 25.5 Å². The van der Waals surface area contributed by atoms with Crippen LogP contribution in [0.25, 0.3) is 0 Å². The summed E-state index contributed by atoms with van der Waals surface area (Å²) in [6.07, 6.45) is 5.66. The molecule has 2 aliphatic rings. The number of aryl methyl sites for hydroxylation is 1. The number of carbonyl (C=O) groups excluding carboxylic acids is 2. The number of anilines is 1. The third-order valence-corrected chi connectivity index (χ3v) is 6.24. The lowest BCUT2D eigenvalue weighted by Crippen LogP contribution is -2.51. The van der Waals surface area contributed by atoms with Gasteiger partial charge in [0.05, 0.1) is 7.11 Å². The number of rotatable bonds is 6. The smallest absolute Gasteiger partial charge is 0.275 e. The molecule has 0 saturated heterocycles. The maximum atomic E-state index is 13.4. The van der Waals surface area contributed by atoms with Crippen LogP contribution in [-0.4, -0.2) is 41.7 Å². The van der Waals surface area contributed by atoms with Crippen molar-refractivity contribution in [2.24, 2.45) is 4.99 Å². The van der Waals surface area contributed by atoms with Crippen LogP contribution in [0.1, 0.15) is 50.2 Å². The third kappa shape index (κ3) is 4.33. The van der Waals surface area contributed by atoms with E-state index in [-0.39, 0.29) is 18.4 Å². The highest BCUT2D eigenvalue weighted by molar-refractivity contribution is 6.47. The average molecular weight is 420 g/mol. The Hall–Kier alpha value is -3.15. The van der Waals surface area contributed by atoms with Crippen molar-refractivity contribution < 1.29 is 14.3 Å². The van der Waals surface area contributed by atoms with Crippen LogP contribution in [0.5, 0.6) is 5.75 Å². The molecule has 6 heteroatoms. The Morgan fingerprint density at radius 1 is 1.06 bits per heavy atom. The fourth-order valence-corrected chi connectivity index (χ4v) is 4.46. The summed E-state index contributed by atoms with van der Waals surface area (Å²) in [5, 5.41) is 2.93. The highest BCUT2D eigenvalue weighted by Gasteiger charge is 2.48. The number of nitrogens with zero attached hydrogens (tertiary/aromatic N) is 2. The summed E-state index contributed by atoms with van der Waals surface area (Å²) in [4.78, 5) is 32.8. The Balaban J connectivity index is 1.55. The summed E-state index contributed by atoms with van der Waals surface area (Å²) in [5.41, 5.74) is 2.53. The standard InChI is InChI=1S/C25H29N3O3/c1-3-18-7-11-20(12-8-18)26-22(29)17-28-24(30)23(19-9-13-21(31-2)14-10-19)27-25(28)15-5-4-6-16-25/h7-14H,3-6,15-17H2,1-2H3,(H,26,29). The molecule has 2 amide bonds. The van der Waals surface area contributed by atoms with Gasteiger partial charge in [-0.05, 0) is 74.1 Å².